The van der Waals surface area contributed by atoms with Crippen molar-refractivity contribution in [2.45, 2.75) is 142 Å². The van der Waals surface area contributed by atoms with E-state index in [9.17, 15) is 9.59 Å². The van der Waals surface area contributed by atoms with Gasteiger partial charge in [0, 0.05) is 19.3 Å². The van der Waals surface area contributed by atoms with E-state index in [-0.39, 0.29) is 5.24 Å². The molecule has 0 atom stereocenters. The number of rotatable bonds is 22. The molecule has 0 aromatic rings. The number of halogens is 1. The molecule has 0 radical (unpaired) electrons. The summed E-state index contributed by atoms with van der Waals surface area (Å²) in [5.74, 6) is 0.479. The maximum Gasteiger partial charge on any atom is 0.221 e. The molecule has 27 heavy (non-hydrogen) atoms. The summed E-state index contributed by atoms with van der Waals surface area (Å²) in [6.45, 7) is 2.26. The van der Waals surface area contributed by atoms with Crippen LogP contribution in [0, 0.1) is 0 Å². The maximum atomic E-state index is 11.9. The highest BCUT2D eigenvalue weighted by Gasteiger charge is 2.02. The van der Waals surface area contributed by atoms with E-state index in [1.165, 1.54) is 89.9 Å². The van der Waals surface area contributed by atoms with Crippen molar-refractivity contribution in [1.82, 2.24) is 0 Å². The van der Waals surface area contributed by atoms with Crippen molar-refractivity contribution in [1.29, 1.82) is 0 Å². The van der Waals surface area contributed by atoms with Gasteiger partial charge in [0.25, 0.3) is 0 Å². The number of carbonyl (C=O) groups excluding carboxylic acids is 2. The second-order valence-corrected chi connectivity index (χ2v) is 8.58. The summed E-state index contributed by atoms with van der Waals surface area (Å²) < 4.78 is 0. The molecule has 0 aromatic carbocycles. The van der Waals surface area contributed by atoms with Gasteiger partial charge in [0.1, 0.15) is 5.78 Å². The summed E-state index contributed by atoms with van der Waals surface area (Å²) in [6, 6.07) is 0. The molecule has 0 saturated heterocycles. The smallest absolute Gasteiger partial charge is 0.221 e. The fourth-order valence-electron chi connectivity index (χ4n) is 3.58. The minimum absolute atomic E-state index is 0.206. The van der Waals surface area contributed by atoms with E-state index in [0.29, 0.717) is 12.2 Å². The average Bonchev–Trinajstić information content (AvgIpc) is 2.64. The highest BCUT2D eigenvalue weighted by molar-refractivity contribution is 6.63. The van der Waals surface area contributed by atoms with E-state index in [4.69, 9.17) is 11.6 Å². The Bertz CT molecular complexity index is 341. The van der Waals surface area contributed by atoms with Crippen molar-refractivity contribution in [3.05, 3.63) is 0 Å². The van der Waals surface area contributed by atoms with Crippen molar-refractivity contribution in [2.75, 3.05) is 0 Å². The van der Waals surface area contributed by atoms with Crippen LogP contribution in [0.2, 0.25) is 0 Å². The summed E-state index contributed by atoms with van der Waals surface area (Å²) >= 11 is 5.32. The quantitative estimate of drug-likeness (QED) is 0.135. The summed E-state index contributed by atoms with van der Waals surface area (Å²) in [4.78, 5) is 22.5. The van der Waals surface area contributed by atoms with Crippen LogP contribution in [-0.2, 0) is 9.59 Å². The third kappa shape index (κ3) is 23.6. The van der Waals surface area contributed by atoms with Gasteiger partial charge in [-0.15, -0.1) is 0 Å². The fourth-order valence-corrected chi connectivity index (χ4v) is 3.72. The molecule has 160 valence electrons. The van der Waals surface area contributed by atoms with Crippen LogP contribution in [0.1, 0.15) is 142 Å². The number of Topliss-reactive ketones (excluding diaryl/α,β-unsaturated/α-hetero) is 1. The Morgan fingerprint density at radius 3 is 1.11 bits per heavy atom. The Kier molecular flexibility index (Phi) is 21.6. The number of hydrogen-bond acceptors (Lipinski definition) is 2. The van der Waals surface area contributed by atoms with Gasteiger partial charge in [-0.1, -0.05) is 103 Å². The molecule has 0 bridgehead atoms. The van der Waals surface area contributed by atoms with Gasteiger partial charge < -0.3 is 0 Å². The summed E-state index contributed by atoms with van der Waals surface area (Å²) in [6.07, 6.45) is 24.6. The highest BCUT2D eigenvalue weighted by atomic mass is 35.5. The first kappa shape index (κ1) is 26.6. The van der Waals surface area contributed by atoms with Crippen LogP contribution in [-0.4, -0.2) is 11.0 Å². The van der Waals surface area contributed by atoms with Gasteiger partial charge in [0.2, 0.25) is 5.24 Å². The Hall–Kier alpha value is -0.370. The van der Waals surface area contributed by atoms with Gasteiger partial charge in [-0.2, -0.15) is 0 Å². The van der Waals surface area contributed by atoms with Crippen molar-refractivity contribution in [3.8, 4) is 0 Å². The zero-order valence-electron chi connectivity index (χ0n) is 18.0. The first-order chi connectivity index (χ1) is 13.2. The molecule has 0 aromatic heterocycles. The van der Waals surface area contributed by atoms with Crippen molar-refractivity contribution in [2.24, 2.45) is 0 Å². The second-order valence-electron chi connectivity index (χ2n) is 8.15. The lowest BCUT2D eigenvalue weighted by atomic mass is 10.0. The molecule has 2 nitrogen and oxygen atoms in total. The molecule has 0 unspecified atom stereocenters. The van der Waals surface area contributed by atoms with Gasteiger partial charge in [0.05, 0.1) is 0 Å². The van der Waals surface area contributed by atoms with Crippen LogP contribution in [0.5, 0.6) is 0 Å². The molecule has 0 aliphatic heterocycles. The van der Waals surface area contributed by atoms with Crippen molar-refractivity contribution in [3.63, 3.8) is 0 Å². The standard InChI is InChI=1S/C24H45ClO2/c1-2-3-4-5-6-8-11-14-17-20-23(26)21-18-15-12-9-7-10-13-16-19-22-24(25)27/h2-22H2,1H3. The Labute approximate surface area is 174 Å². The minimum Gasteiger partial charge on any atom is -0.300 e. The maximum absolute atomic E-state index is 11.9. The lowest BCUT2D eigenvalue weighted by Gasteiger charge is -2.04. The molecule has 0 aliphatic rings. The molecule has 0 rings (SSSR count). The highest BCUT2D eigenvalue weighted by Crippen LogP contribution is 2.14. The van der Waals surface area contributed by atoms with Crippen LogP contribution in [0.15, 0.2) is 0 Å². The minimum atomic E-state index is -0.206. The van der Waals surface area contributed by atoms with Gasteiger partial charge in [-0.25, -0.2) is 0 Å². The lowest BCUT2D eigenvalue weighted by Crippen LogP contribution is -1.97. The fraction of sp³-hybridized carbons (Fsp3) is 0.917. The predicted octanol–water partition coefficient (Wildman–Crippen LogP) is 8.53. The van der Waals surface area contributed by atoms with Gasteiger partial charge in [-0.3, -0.25) is 9.59 Å². The molecule has 0 N–H and O–H groups in total. The molecular formula is C24H45ClO2. The Balaban J connectivity index is 3.16. The predicted molar refractivity (Wildman–Crippen MR) is 118 cm³/mol. The third-order valence-corrected chi connectivity index (χ3v) is 5.58. The van der Waals surface area contributed by atoms with Gasteiger partial charge in [-0.05, 0) is 30.9 Å². The van der Waals surface area contributed by atoms with E-state index in [2.05, 4.69) is 6.92 Å². The van der Waals surface area contributed by atoms with Crippen LogP contribution in [0.3, 0.4) is 0 Å². The van der Waals surface area contributed by atoms with E-state index in [1.54, 1.807) is 0 Å². The molecule has 0 saturated carbocycles. The molecule has 0 amide bonds. The average molecular weight is 401 g/mol. The topological polar surface area (TPSA) is 34.1 Å². The summed E-state index contributed by atoms with van der Waals surface area (Å²) in [5.41, 5.74) is 0. The third-order valence-electron chi connectivity index (χ3n) is 5.39. The first-order valence-corrected chi connectivity index (χ1v) is 12.2. The van der Waals surface area contributed by atoms with Crippen molar-refractivity contribution < 1.29 is 9.59 Å². The SMILES string of the molecule is CCCCCCCCCCCC(=O)CCCCCCCCCCCC(=O)Cl. The van der Waals surface area contributed by atoms with Gasteiger partial charge in [0.15, 0.2) is 0 Å². The number of carbonyl (C=O) groups is 2. The molecule has 0 fully saturated rings. The van der Waals surface area contributed by atoms with E-state index in [1.807, 2.05) is 0 Å². The van der Waals surface area contributed by atoms with E-state index in [0.717, 1.165) is 38.5 Å². The number of ketones is 1. The van der Waals surface area contributed by atoms with E-state index >= 15 is 0 Å². The summed E-state index contributed by atoms with van der Waals surface area (Å²) in [7, 11) is 0. The second kappa shape index (κ2) is 21.9. The Morgan fingerprint density at radius 2 is 0.778 bits per heavy atom. The lowest BCUT2D eigenvalue weighted by molar-refractivity contribution is -0.119. The molecule has 0 aliphatic carbocycles. The molecule has 3 heteroatoms. The Morgan fingerprint density at radius 1 is 0.481 bits per heavy atom. The molecule has 0 heterocycles. The monoisotopic (exact) mass is 400 g/mol. The van der Waals surface area contributed by atoms with Crippen LogP contribution >= 0.6 is 11.6 Å². The van der Waals surface area contributed by atoms with Crippen LogP contribution in [0.4, 0.5) is 0 Å². The first-order valence-electron chi connectivity index (χ1n) is 11.9. The zero-order chi connectivity index (χ0) is 20.0. The molecular weight excluding hydrogens is 356 g/mol. The van der Waals surface area contributed by atoms with Crippen LogP contribution < -0.4 is 0 Å². The van der Waals surface area contributed by atoms with Gasteiger partial charge >= 0.3 is 0 Å². The van der Waals surface area contributed by atoms with Crippen LogP contribution in [0.25, 0.3) is 0 Å². The number of unbranched alkanes of at least 4 members (excludes halogenated alkanes) is 16. The zero-order valence-corrected chi connectivity index (χ0v) is 18.8. The number of hydrogen-bond donors (Lipinski definition) is 0. The van der Waals surface area contributed by atoms with E-state index < -0.39 is 0 Å². The van der Waals surface area contributed by atoms with Crippen molar-refractivity contribution >= 4 is 22.6 Å². The molecule has 0 spiro atoms. The normalized spacial score (nSPS) is 11.0. The summed E-state index contributed by atoms with van der Waals surface area (Å²) in [5, 5.41) is -0.206. The largest absolute Gasteiger partial charge is 0.300 e.